The van der Waals surface area contributed by atoms with Crippen LogP contribution in [0.4, 0.5) is 0 Å². The molecule has 0 saturated carbocycles. The SMILES string of the molecule is CC1CCCCN1S(=O)(=O)c1ccc(C(=O)N2CCCCC2)cc1. The molecule has 2 aliphatic heterocycles. The van der Waals surface area contributed by atoms with E-state index in [1.165, 1.54) is 6.42 Å². The molecule has 3 rings (SSSR count). The topological polar surface area (TPSA) is 57.7 Å². The van der Waals surface area contributed by atoms with Crippen LogP contribution in [0, 0.1) is 0 Å². The van der Waals surface area contributed by atoms with Gasteiger partial charge in [0, 0.05) is 31.2 Å². The molecule has 0 radical (unpaired) electrons. The van der Waals surface area contributed by atoms with Crippen molar-refractivity contribution in [3.8, 4) is 0 Å². The van der Waals surface area contributed by atoms with E-state index in [1.807, 2.05) is 11.8 Å². The van der Waals surface area contributed by atoms with Gasteiger partial charge in [-0.05, 0) is 63.3 Å². The molecule has 2 heterocycles. The number of hydrogen-bond acceptors (Lipinski definition) is 3. The Morgan fingerprint density at radius 1 is 0.958 bits per heavy atom. The summed E-state index contributed by atoms with van der Waals surface area (Å²) >= 11 is 0. The normalized spacial score (nSPS) is 23.2. The lowest BCUT2D eigenvalue weighted by Gasteiger charge is -2.32. The summed E-state index contributed by atoms with van der Waals surface area (Å²) in [7, 11) is -3.47. The smallest absolute Gasteiger partial charge is 0.253 e. The number of rotatable bonds is 3. The Morgan fingerprint density at radius 2 is 1.58 bits per heavy atom. The van der Waals surface area contributed by atoms with Gasteiger partial charge in [-0.3, -0.25) is 4.79 Å². The molecule has 2 fully saturated rings. The second-order valence-corrected chi connectivity index (χ2v) is 8.73. The predicted molar refractivity (Wildman–Crippen MR) is 93.4 cm³/mol. The molecule has 24 heavy (non-hydrogen) atoms. The highest BCUT2D eigenvalue weighted by atomic mass is 32.2. The molecule has 1 atom stereocenters. The number of carbonyl (C=O) groups excluding carboxylic acids is 1. The van der Waals surface area contributed by atoms with Crippen LogP contribution in [0.25, 0.3) is 0 Å². The summed E-state index contributed by atoms with van der Waals surface area (Å²) in [5.74, 6) is 0.00462. The van der Waals surface area contributed by atoms with Crippen LogP contribution in [0.2, 0.25) is 0 Å². The number of nitrogens with zero attached hydrogens (tertiary/aromatic N) is 2. The van der Waals surface area contributed by atoms with E-state index in [-0.39, 0.29) is 16.8 Å². The monoisotopic (exact) mass is 350 g/mol. The van der Waals surface area contributed by atoms with E-state index in [2.05, 4.69) is 0 Å². The van der Waals surface area contributed by atoms with Crippen LogP contribution < -0.4 is 0 Å². The van der Waals surface area contributed by atoms with Gasteiger partial charge in [-0.1, -0.05) is 6.42 Å². The Morgan fingerprint density at radius 3 is 2.21 bits per heavy atom. The van der Waals surface area contributed by atoms with Crippen LogP contribution in [-0.2, 0) is 10.0 Å². The zero-order chi connectivity index (χ0) is 17.2. The van der Waals surface area contributed by atoms with Crippen molar-refractivity contribution in [3.63, 3.8) is 0 Å². The van der Waals surface area contributed by atoms with E-state index >= 15 is 0 Å². The fourth-order valence-corrected chi connectivity index (χ4v) is 5.31. The van der Waals surface area contributed by atoms with E-state index in [9.17, 15) is 13.2 Å². The van der Waals surface area contributed by atoms with Crippen molar-refractivity contribution in [2.24, 2.45) is 0 Å². The third-order valence-electron chi connectivity index (χ3n) is 5.09. The third-order valence-corrected chi connectivity index (χ3v) is 7.12. The number of amides is 1. The summed E-state index contributed by atoms with van der Waals surface area (Å²) in [6.45, 7) is 4.14. The number of benzene rings is 1. The fraction of sp³-hybridized carbons (Fsp3) is 0.611. The second kappa shape index (κ2) is 7.23. The van der Waals surface area contributed by atoms with Gasteiger partial charge in [0.05, 0.1) is 4.90 Å². The Hall–Kier alpha value is -1.40. The molecule has 132 valence electrons. The number of sulfonamides is 1. The van der Waals surface area contributed by atoms with Gasteiger partial charge in [0.1, 0.15) is 0 Å². The molecule has 0 N–H and O–H groups in total. The Balaban J connectivity index is 1.77. The number of piperidine rings is 2. The maximum atomic E-state index is 12.8. The van der Waals surface area contributed by atoms with Gasteiger partial charge < -0.3 is 4.90 Å². The zero-order valence-corrected chi connectivity index (χ0v) is 15.1. The first kappa shape index (κ1) is 17.4. The lowest BCUT2D eigenvalue weighted by atomic mass is 10.1. The minimum absolute atomic E-state index is 0.00462. The second-order valence-electron chi connectivity index (χ2n) is 6.84. The van der Waals surface area contributed by atoms with Crippen molar-refractivity contribution < 1.29 is 13.2 Å². The summed E-state index contributed by atoms with van der Waals surface area (Å²) in [5, 5.41) is 0. The number of hydrogen-bond donors (Lipinski definition) is 0. The zero-order valence-electron chi connectivity index (χ0n) is 14.3. The molecule has 2 saturated heterocycles. The van der Waals surface area contributed by atoms with Crippen LogP contribution in [0.1, 0.15) is 55.8 Å². The van der Waals surface area contributed by atoms with Gasteiger partial charge in [0.15, 0.2) is 0 Å². The van der Waals surface area contributed by atoms with Crippen molar-refractivity contribution in [2.75, 3.05) is 19.6 Å². The predicted octanol–water partition coefficient (Wildman–Crippen LogP) is 2.88. The van der Waals surface area contributed by atoms with E-state index in [1.54, 1.807) is 28.6 Å². The quantitative estimate of drug-likeness (QED) is 0.842. The summed E-state index contributed by atoms with van der Waals surface area (Å²) in [6, 6.07) is 6.50. The highest BCUT2D eigenvalue weighted by molar-refractivity contribution is 7.89. The molecule has 5 nitrogen and oxygen atoms in total. The molecule has 1 aromatic carbocycles. The van der Waals surface area contributed by atoms with Gasteiger partial charge in [-0.15, -0.1) is 0 Å². The number of carbonyl (C=O) groups is 1. The van der Waals surface area contributed by atoms with E-state index in [0.29, 0.717) is 12.1 Å². The molecular formula is C18H26N2O3S. The minimum Gasteiger partial charge on any atom is -0.339 e. The molecule has 1 amide bonds. The van der Waals surface area contributed by atoms with Crippen LogP contribution in [0.5, 0.6) is 0 Å². The molecule has 6 heteroatoms. The average molecular weight is 350 g/mol. The minimum atomic E-state index is -3.47. The fourth-order valence-electron chi connectivity index (χ4n) is 3.61. The molecule has 0 bridgehead atoms. The largest absolute Gasteiger partial charge is 0.339 e. The van der Waals surface area contributed by atoms with Crippen molar-refractivity contribution in [1.29, 1.82) is 0 Å². The van der Waals surface area contributed by atoms with Crippen molar-refractivity contribution in [3.05, 3.63) is 29.8 Å². The van der Waals surface area contributed by atoms with Crippen molar-refractivity contribution in [2.45, 2.75) is 56.4 Å². The van der Waals surface area contributed by atoms with Gasteiger partial charge in [0.2, 0.25) is 10.0 Å². The number of likely N-dealkylation sites (tertiary alicyclic amines) is 1. The van der Waals surface area contributed by atoms with Crippen LogP contribution >= 0.6 is 0 Å². The van der Waals surface area contributed by atoms with Gasteiger partial charge in [-0.2, -0.15) is 4.31 Å². The maximum absolute atomic E-state index is 12.8. The standard InChI is InChI=1S/C18H26N2O3S/c1-15-7-3-6-14-20(15)24(22,23)17-10-8-16(9-11-17)18(21)19-12-4-2-5-13-19/h8-11,15H,2-7,12-14H2,1H3. The molecule has 0 aliphatic carbocycles. The first-order chi connectivity index (χ1) is 11.5. The summed E-state index contributed by atoms with van der Waals surface area (Å²) in [4.78, 5) is 14.6. The summed E-state index contributed by atoms with van der Waals surface area (Å²) < 4.78 is 27.2. The highest BCUT2D eigenvalue weighted by Gasteiger charge is 2.31. The summed E-state index contributed by atoms with van der Waals surface area (Å²) in [6.07, 6.45) is 6.17. The van der Waals surface area contributed by atoms with E-state index in [0.717, 1.165) is 45.2 Å². The van der Waals surface area contributed by atoms with Crippen molar-refractivity contribution >= 4 is 15.9 Å². The van der Waals surface area contributed by atoms with Crippen LogP contribution in [0.3, 0.4) is 0 Å². The molecule has 1 unspecified atom stereocenters. The molecule has 0 aromatic heterocycles. The molecule has 1 aromatic rings. The van der Waals surface area contributed by atoms with Crippen LogP contribution in [-0.4, -0.2) is 49.2 Å². The summed E-state index contributed by atoms with van der Waals surface area (Å²) in [5.41, 5.74) is 0.572. The molecule has 2 aliphatic rings. The maximum Gasteiger partial charge on any atom is 0.253 e. The van der Waals surface area contributed by atoms with Crippen molar-refractivity contribution in [1.82, 2.24) is 9.21 Å². The first-order valence-corrected chi connectivity index (χ1v) is 10.4. The van der Waals surface area contributed by atoms with E-state index < -0.39 is 10.0 Å². The van der Waals surface area contributed by atoms with Crippen LogP contribution in [0.15, 0.2) is 29.2 Å². The third kappa shape index (κ3) is 3.49. The van der Waals surface area contributed by atoms with E-state index in [4.69, 9.17) is 0 Å². The van der Waals surface area contributed by atoms with Gasteiger partial charge in [0.25, 0.3) is 5.91 Å². The average Bonchev–Trinajstić information content (AvgIpc) is 2.62. The Labute approximate surface area is 144 Å². The van der Waals surface area contributed by atoms with Gasteiger partial charge >= 0.3 is 0 Å². The highest BCUT2D eigenvalue weighted by Crippen LogP contribution is 2.25. The Bertz CT molecular complexity index is 679. The molecule has 0 spiro atoms. The molecular weight excluding hydrogens is 324 g/mol. The first-order valence-electron chi connectivity index (χ1n) is 8.91. The van der Waals surface area contributed by atoms with Gasteiger partial charge in [-0.25, -0.2) is 8.42 Å². The lowest BCUT2D eigenvalue weighted by Crippen LogP contribution is -2.41. The Kier molecular flexibility index (Phi) is 5.25. The lowest BCUT2D eigenvalue weighted by molar-refractivity contribution is 0.0724.